The van der Waals surface area contributed by atoms with Gasteiger partial charge in [-0.1, -0.05) is 59.6 Å². The number of carbonyl (C=O) groups is 2. The highest BCUT2D eigenvalue weighted by atomic mass is 35.5. The van der Waals surface area contributed by atoms with Crippen LogP contribution in [0.1, 0.15) is 37.4 Å². The van der Waals surface area contributed by atoms with Gasteiger partial charge in [0, 0.05) is 22.3 Å². The van der Waals surface area contributed by atoms with E-state index in [1.807, 2.05) is 25.1 Å². The summed E-state index contributed by atoms with van der Waals surface area (Å²) in [5.41, 5.74) is 3.96. The van der Waals surface area contributed by atoms with Gasteiger partial charge in [0.2, 0.25) is 0 Å². The van der Waals surface area contributed by atoms with Crippen LogP contribution in [-0.2, 0) is 6.54 Å². The molecule has 0 bridgehead atoms. The second-order valence-corrected chi connectivity index (χ2v) is 7.69. The molecule has 154 valence electrons. The highest BCUT2D eigenvalue weighted by molar-refractivity contribution is 6.30. The van der Waals surface area contributed by atoms with Gasteiger partial charge in [-0.15, -0.1) is 0 Å². The van der Waals surface area contributed by atoms with Crippen molar-refractivity contribution in [3.63, 3.8) is 0 Å². The van der Waals surface area contributed by atoms with Gasteiger partial charge in [-0.3, -0.25) is 14.3 Å². The zero-order valence-corrected chi connectivity index (χ0v) is 17.6. The van der Waals surface area contributed by atoms with E-state index >= 15 is 0 Å². The number of rotatable bonds is 6. The Morgan fingerprint density at radius 2 is 1.71 bits per heavy atom. The van der Waals surface area contributed by atoms with Crippen molar-refractivity contribution in [1.82, 2.24) is 9.78 Å². The Hall–Kier alpha value is -3.70. The quantitative estimate of drug-likeness (QED) is 0.419. The van der Waals surface area contributed by atoms with Crippen LogP contribution in [0.3, 0.4) is 0 Å². The fourth-order valence-corrected chi connectivity index (χ4v) is 3.47. The summed E-state index contributed by atoms with van der Waals surface area (Å²) in [6.45, 7) is 2.64. The second kappa shape index (κ2) is 8.98. The van der Waals surface area contributed by atoms with E-state index in [4.69, 9.17) is 11.6 Å². The predicted molar refractivity (Wildman–Crippen MR) is 122 cm³/mol. The molecule has 6 heteroatoms. The van der Waals surface area contributed by atoms with E-state index in [-0.39, 0.29) is 11.7 Å². The summed E-state index contributed by atoms with van der Waals surface area (Å²) < 4.78 is 1.76. The van der Waals surface area contributed by atoms with Gasteiger partial charge in [-0.25, -0.2) is 0 Å². The number of carbonyl (C=O) groups excluding carboxylic acids is 2. The standard InChI is InChI=1S/C25H20ClN3O2/c1-17-5-4-6-18(13-17)15-29-16-21(14-27-29)28-25(31)23-8-3-2-7-22(23)24(30)19-9-11-20(26)12-10-19/h2-14,16H,15H2,1H3,(H,28,31). The Balaban J connectivity index is 1.51. The predicted octanol–water partition coefficient (Wildman–Crippen LogP) is 5.38. The number of hydrogen-bond donors (Lipinski definition) is 1. The van der Waals surface area contributed by atoms with Crippen LogP contribution in [-0.4, -0.2) is 21.5 Å². The molecule has 0 aliphatic carbocycles. The number of nitrogens with one attached hydrogen (secondary N) is 1. The summed E-state index contributed by atoms with van der Waals surface area (Å²) >= 11 is 5.91. The fourth-order valence-electron chi connectivity index (χ4n) is 3.35. The van der Waals surface area contributed by atoms with Crippen molar-refractivity contribution < 1.29 is 9.59 Å². The minimum Gasteiger partial charge on any atom is -0.319 e. The molecule has 0 radical (unpaired) electrons. The largest absolute Gasteiger partial charge is 0.319 e. The number of hydrogen-bond acceptors (Lipinski definition) is 3. The Morgan fingerprint density at radius 3 is 2.45 bits per heavy atom. The molecule has 1 heterocycles. The van der Waals surface area contributed by atoms with Crippen LogP contribution in [0, 0.1) is 6.92 Å². The van der Waals surface area contributed by atoms with Crippen molar-refractivity contribution in [2.24, 2.45) is 0 Å². The van der Waals surface area contributed by atoms with Crippen molar-refractivity contribution in [1.29, 1.82) is 0 Å². The normalized spacial score (nSPS) is 10.6. The van der Waals surface area contributed by atoms with E-state index in [1.165, 1.54) is 5.56 Å². The van der Waals surface area contributed by atoms with Crippen molar-refractivity contribution in [2.75, 3.05) is 5.32 Å². The first-order valence-electron chi connectivity index (χ1n) is 9.78. The highest BCUT2D eigenvalue weighted by Gasteiger charge is 2.18. The molecule has 5 nitrogen and oxygen atoms in total. The molecule has 0 saturated carbocycles. The van der Waals surface area contributed by atoms with E-state index in [1.54, 1.807) is 65.6 Å². The van der Waals surface area contributed by atoms with Crippen LogP contribution in [0.15, 0.2) is 85.2 Å². The van der Waals surface area contributed by atoms with E-state index in [0.717, 1.165) is 5.56 Å². The number of aromatic nitrogens is 2. The molecular formula is C25H20ClN3O2. The lowest BCUT2D eigenvalue weighted by molar-refractivity contribution is 0.0996. The van der Waals surface area contributed by atoms with Crippen LogP contribution in [0.25, 0.3) is 0 Å². The molecule has 4 rings (SSSR count). The van der Waals surface area contributed by atoms with Crippen molar-refractivity contribution in [2.45, 2.75) is 13.5 Å². The van der Waals surface area contributed by atoms with Gasteiger partial charge in [0.1, 0.15) is 0 Å². The number of ketones is 1. The molecule has 0 aliphatic rings. The SMILES string of the molecule is Cc1cccc(Cn2cc(NC(=O)c3ccccc3C(=O)c3ccc(Cl)cc3)cn2)c1. The van der Waals surface area contributed by atoms with Crippen molar-refractivity contribution >= 4 is 29.0 Å². The summed E-state index contributed by atoms with van der Waals surface area (Å²) in [6, 6.07) is 21.5. The molecule has 0 aliphatic heterocycles. The van der Waals surface area contributed by atoms with Crippen LogP contribution in [0.2, 0.25) is 5.02 Å². The second-order valence-electron chi connectivity index (χ2n) is 7.25. The number of halogens is 1. The first-order valence-corrected chi connectivity index (χ1v) is 10.2. The molecule has 1 amide bonds. The molecule has 1 aromatic heterocycles. The van der Waals surface area contributed by atoms with E-state index in [9.17, 15) is 9.59 Å². The lowest BCUT2D eigenvalue weighted by Crippen LogP contribution is -2.16. The Kier molecular flexibility index (Phi) is 5.96. The number of amides is 1. The fraction of sp³-hybridized carbons (Fsp3) is 0.0800. The summed E-state index contributed by atoms with van der Waals surface area (Å²) in [6.07, 6.45) is 3.36. The minimum absolute atomic E-state index is 0.238. The summed E-state index contributed by atoms with van der Waals surface area (Å²) in [7, 11) is 0. The molecule has 1 N–H and O–H groups in total. The maximum Gasteiger partial charge on any atom is 0.256 e. The molecular weight excluding hydrogens is 410 g/mol. The molecule has 0 fully saturated rings. The van der Waals surface area contributed by atoms with Gasteiger partial charge in [-0.05, 0) is 42.8 Å². The van der Waals surface area contributed by atoms with Gasteiger partial charge in [0.25, 0.3) is 5.91 Å². The molecule has 0 spiro atoms. The molecule has 0 saturated heterocycles. The Labute approximate surface area is 185 Å². The number of aryl methyl sites for hydroxylation is 1. The van der Waals surface area contributed by atoms with Crippen molar-refractivity contribution in [3.8, 4) is 0 Å². The monoisotopic (exact) mass is 429 g/mol. The Morgan fingerprint density at radius 1 is 0.968 bits per heavy atom. The average molecular weight is 430 g/mol. The molecule has 4 aromatic rings. The van der Waals surface area contributed by atoms with Crippen LogP contribution < -0.4 is 5.32 Å². The molecule has 3 aromatic carbocycles. The van der Waals surface area contributed by atoms with E-state index < -0.39 is 0 Å². The third-order valence-electron chi connectivity index (χ3n) is 4.84. The average Bonchev–Trinajstić information content (AvgIpc) is 3.20. The van der Waals surface area contributed by atoms with Crippen molar-refractivity contribution in [3.05, 3.63) is 118 Å². The smallest absolute Gasteiger partial charge is 0.256 e. The molecule has 31 heavy (non-hydrogen) atoms. The lowest BCUT2D eigenvalue weighted by atomic mass is 9.98. The summed E-state index contributed by atoms with van der Waals surface area (Å²) in [5.74, 6) is -0.606. The summed E-state index contributed by atoms with van der Waals surface area (Å²) in [5, 5.41) is 7.71. The summed E-state index contributed by atoms with van der Waals surface area (Å²) in [4.78, 5) is 25.8. The Bertz CT molecular complexity index is 1250. The van der Waals surface area contributed by atoms with Crippen LogP contribution >= 0.6 is 11.6 Å². The first-order chi connectivity index (χ1) is 15.0. The minimum atomic E-state index is -0.368. The topological polar surface area (TPSA) is 64.0 Å². The van der Waals surface area contributed by atoms with E-state index in [0.29, 0.717) is 33.9 Å². The van der Waals surface area contributed by atoms with Crippen LogP contribution in [0.4, 0.5) is 5.69 Å². The number of benzene rings is 3. The lowest BCUT2D eigenvalue weighted by Gasteiger charge is -2.09. The third kappa shape index (κ3) is 4.90. The van der Waals surface area contributed by atoms with Gasteiger partial charge in [0.05, 0.1) is 24.0 Å². The maximum atomic E-state index is 12.9. The van der Waals surface area contributed by atoms with Crippen LogP contribution in [0.5, 0.6) is 0 Å². The third-order valence-corrected chi connectivity index (χ3v) is 5.09. The first kappa shape index (κ1) is 20.6. The van der Waals surface area contributed by atoms with Gasteiger partial charge in [0.15, 0.2) is 5.78 Å². The zero-order chi connectivity index (χ0) is 21.8. The molecule has 0 unspecified atom stereocenters. The maximum absolute atomic E-state index is 12.9. The number of anilines is 1. The zero-order valence-electron chi connectivity index (χ0n) is 16.9. The van der Waals surface area contributed by atoms with Gasteiger partial charge < -0.3 is 5.32 Å². The van der Waals surface area contributed by atoms with E-state index in [2.05, 4.69) is 16.5 Å². The van der Waals surface area contributed by atoms with Gasteiger partial charge in [-0.2, -0.15) is 5.10 Å². The number of nitrogens with zero attached hydrogens (tertiary/aromatic N) is 2. The molecule has 0 atom stereocenters. The highest BCUT2D eigenvalue weighted by Crippen LogP contribution is 2.19. The van der Waals surface area contributed by atoms with Gasteiger partial charge >= 0.3 is 0 Å².